The Bertz CT molecular complexity index is 928. The smallest absolute Gasteiger partial charge is 0.346 e. The molecule has 0 aliphatic heterocycles. The lowest BCUT2D eigenvalue weighted by atomic mass is 10.2. The Morgan fingerprint density at radius 1 is 1.38 bits per heavy atom. The third-order valence-electron chi connectivity index (χ3n) is 3.73. The first-order valence-electron chi connectivity index (χ1n) is 7.44. The minimum absolute atomic E-state index is 0.298. The molecule has 1 aromatic carbocycles. The standard InChI is InChI=1S/C17H17N3O3S/c1-9(13-8-11-6-4-5-7-12(11)23-13)18-15(21)14-10(2)19-17(22)20-16(14)24-3/h4-9H,1-3H3,(H,18,21)(H,19,20,22)/t9-/m0/s1. The van der Waals surface area contributed by atoms with Crippen molar-refractivity contribution in [2.75, 3.05) is 6.26 Å². The maximum absolute atomic E-state index is 12.6. The Morgan fingerprint density at radius 2 is 2.12 bits per heavy atom. The quantitative estimate of drug-likeness (QED) is 0.561. The molecule has 1 atom stereocenters. The number of furan rings is 1. The second kappa shape index (κ2) is 6.52. The molecule has 0 aliphatic carbocycles. The topological polar surface area (TPSA) is 88.0 Å². The van der Waals surface area contributed by atoms with Crippen molar-refractivity contribution in [1.29, 1.82) is 0 Å². The molecular weight excluding hydrogens is 326 g/mol. The average molecular weight is 343 g/mol. The number of aryl methyl sites for hydroxylation is 1. The van der Waals surface area contributed by atoms with Crippen molar-refractivity contribution in [2.24, 2.45) is 0 Å². The van der Waals surface area contributed by atoms with E-state index in [9.17, 15) is 9.59 Å². The molecule has 7 heteroatoms. The van der Waals surface area contributed by atoms with E-state index in [4.69, 9.17) is 4.42 Å². The number of fused-ring (bicyclic) bond motifs is 1. The van der Waals surface area contributed by atoms with Gasteiger partial charge in [-0.2, -0.15) is 4.98 Å². The van der Waals surface area contributed by atoms with Gasteiger partial charge in [-0.3, -0.25) is 4.79 Å². The molecule has 3 aromatic rings. The van der Waals surface area contributed by atoms with Gasteiger partial charge in [0.1, 0.15) is 16.4 Å². The number of benzene rings is 1. The van der Waals surface area contributed by atoms with E-state index in [-0.39, 0.29) is 11.9 Å². The third kappa shape index (κ3) is 3.07. The number of H-pyrrole nitrogens is 1. The molecule has 124 valence electrons. The fraction of sp³-hybridized carbons (Fsp3) is 0.235. The van der Waals surface area contributed by atoms with Gasteiger partial charge in [0.2, 0.25) is 0 Å². The number of hydrogen-bond acceptors (Lipinski definition) is 5. The average Bonchev–Trinajstić information content (AvgIpc) is 2.98. The zero-order valence-corrected chi connectivity index (χ0v) is 14.4. The van der Waals surface area contributed by atoms with E-state index in [1.807, 2.05) is 37.3 Å². The minimum atomic E-state index is -0.460. The van der Waals surface area contributed by atoms with E-state index in [0.29, 0.717) is 22.0 Å². The molecule has 0 saturated carbocycles. The fourth-order valence-corrected chi connectivity index (χ4v) is 3.15. The Kier molecular flexibility index (Phi) is 4.44. The van der Waals surface area contributed by atoms with Gasteiger partial charge in [0, 0.05) is 11.1 Å². The van der Waals surface area contributed by atoms with Crippen LogP contribution in [-0.2, 0) is 0 Å². The molecule has 0 unspecified atom stereocenters. The lowest BCUT2D eigenvalue weighted by Gasteiger charge is -2.14. The molecular formula is C17H17N3O3S. The summed E-state index contributed by atoms with van der Waals surface area (Å²) in [5.41, 5.74) is 1.19. The third-order valence-corrected chi connectivity index (χ3v) is 4.41. The summed E-state index contributed by atoms with van der Waals surface area (Å²) >= 11 is 1.26. The van der Waals surface area contributed by atoms with Gasteiger partial charge in [-0.1, -0.05) is 18.2 Å². The SMILES string of the molecule is CSc1nc(=O)[nH]c(C)c1C(=O)N[C@@H](C)c1cc2ccccc2o1. The number of thioether (sulfide) groups is 1. The van der Waals surface area contributed by atoms with Crippen LogP contribution in [0.15, 0.2) is 44.6 Å². The van der Waals surface area contributed by atoms with Crippen LogP contribution in [0.2, 0.25) is 0 Å². The molecule has 0 bridgehead atoms. The molecule has 0 radical (unpaired) electrons. The van der Waals surface area contributed by atoms with Crippen LogP contribution >= 0.6 is 11.8 Å². The first kappa shape index (κ1) is 16.3. The number of carbonyl (C=O) groups excluding carboxylic acids is 1. The summed E-state index contributed by atoms with van der Waals surface area (Å²) in [6, 6.07) is 9.27. The number of hydrogen-bond donors (Lipinski definition) is 2. The monoisotopic (exact) mass is 343 g/mol. The van der Waals surface area contributed by atoms with Crippen LogP contribution in [0.25, 0.3) is 11.0 Å². The number of carbonyl (C=O) groups is 1. The van der Waals surface area contributed by atoms with Crippen molar-refractivity contribution in [2.45, 2.75) is 24.9 Å². The summed E-state index contributed by atoms with van der Waals surface area (Å²) in [6.45, 7) is 3.53. The summed E-state index contributed by atoms with van der Waals surface area (Å²) in [4.78, 5) is 30.5. The van der Waals surface area contributed by atoms with Gasteiger partial charge in [-0.05, 0) is 32.2 Å². The molecule has 3 rings (SSSR count). The highest BCUT2D eigenvalue weighted by Gasteiger charge is 2.20. The summed E-state index contributed by atoms with van der Waals surface area (Å²) in [5, 5.41) is 4.29. The van der Waals surface area contributed by atoms with Gasteiger partial charge in [0.05, 0.1) is 11.6 Å². The van der Waals surface area contributed by atoms with Crippen LogP contribution in [0.5, 0.6) is 0 Å². The van der Waals surface area contributed by atoms with Gasteiger partial charge < -0.3 is 14.7 Å². The first-order chi connectivity index (χ1) is 11.5. The number of rotatable bonds is 4. The van der Waals surface area contributed by atoms with E-state index in [1.54, 1.807) is 13.2 Å². The molecule has 0 aliphatic rings. The van der Waals surface area contributed by atoms with Gasteiger partial charge in [0.25, 0.3) is 5.91 Å². The molecule has 2 N–H and O–H groups in total. The molecule has 2 heterocycles. The molecule has 0 fully saturated rings. The Morgan fingerprint density at radius 3 is 2.83 bits per heavy atom. The lowest BCUT2D eigenvalue weighted by molar-refractivity contribution is 0.0930. The minimum Gasteiger partial charge on any atom is -0.459 e. The van der Waals surface area contributed by atoms with Crippen molar-refractivity contribution < 1.29 is 9.21 Å². The molecule has 0 saturated heterocycles. The van der Waals surface area contributed by atoms with E-state index < -0.39 is 5.69 Å². The van der Waals surface area contributed by atoms with E-state index in [2.05, 4.69) is 15.3 Å². The first-order valence-corrected chi connectivity index (χ1v) is 8.66. The molecule has 1 amide bonds. The molecule has 0 spiro atoms. The largest absolute Gasteiger partial charge is 0.459 e. The Hall–Kier alpha value is -2.54. The van der Waals surface area contributed by atoms with Crippen molar-refractivity contribution in [3.63, 3.8) is 0 Å². The van der Waals surface area contributed by atoms with Gasteiger partial charge >= 0.3 is 5.69 Å². The highest BCUT2D eigenvalue weighted by atomic mass is 32.2. The highest BCUT2D eigenvalue weighted by Crippen LogP contribution is 2.24. The van der Waals surface area contributed by atoms with E-state index in [0.717, 1.165) is 11.0 Å². The van der Waals surface area contributed by atoms with Crippen molar-refractivity contribution in [1.82, 2.24) is 15.3 Å². The number of nitrogens with one attached hydrogen (secondary N) is 2. The van der Waals surface area contributed by atoms with Gasteiger partial charge in [-0.15, -0.1) is 11.8 Å². The van der Waals surface area contributed by atoms with E-state index in [1.165, 1.54) is 11.8 Å². The van der Waals surface area contributed by atoms with Gasteiger partial charge in [0.15, 0.2) is 0 Å². The van der Waals surface area contributed by atoms with Crippen LogP contribution in [0.3, 0.4) is 0 Å². The molecule has 24 heavy (non-hydrogen) atoms. The summed E-state index contributed by atoms with van der Waals surface area (Å²) in [7, 11) is 0. The second-order valence-corrected chi connectivity index (χ2v) is 6.23. The maximum Gasteiger partial charge on any atom is 0.346 e. The normalized spacial score (nSPS) is 12.3. The number of aromatic nitrogens is 2. The predicted octanol–water partition coefficient (Wildman–Crippen LogP) is 3.04. The Balaban J connectivity index is 1.88. The van der Waals surface area contributed by atoms with Crippen LogP contribution in [0, 0.1) is 6.92 Å². The van der Waals surface area contributed by atoms with Crippen LogP contribution < -0.4 is 11.0 Å². The summed E-state index contributed by atoms with van der Waals surface area (Å²) in [5.74, 6) is 0.374. The number of nitrogens with zero attached hydrogens (tertiary/aromatic N) is 1. The number of aromatic amines is 1. The van der Waals surface area contributed by atoms with Crippen LogP contribution in [-0.4, -0.2) is 22.1 Å². The van der Waals surface area contributed by atoms with E-state index >= 15 is 0 Å². The zero-order chi connectivity index (χ0) is 17.3. The summed E-state index contributed by atoms with van der Waals surface area (Å²) < 4.78 is 5.78. The van der Waals surface area contributed by atoms with Crippen LogP contribution in [0.1, 0.15) is 34.8 Å². The Labute approximate surface area is 142 Å². The van der Waals surface area contributed by atoms with Gasteiger partial charge in [-0.25, -0.2) is 4.79 Å². The summed E-state index contributed by atoms with van der Waals surface area (Å²) in [6.07, 6.45) is 1.78. The molecule has 6 nitrogen and oxygen atoms in total. The number of para-hydroxylation sites is 1. The fourth-order valence-electron chi connectivity index (χ4n) is 2.53. The number of amides is 1. The predicted molar refractivity (Wildman–Crippen MR) is 93.5 cm³/mol. The zero-order valence-electron chi connectivity index (χ0n) is 13.5. The molecule has 2 aromatic heterocycles. The van der Waals surface area contributed by atoms with Crippen molar-refractivity contribution >= 4 is 28.6 Å². The van der Waals surface area contributed by atoms with Crippen molar-refractivity contribution in [3.8, 4) is 0 Å². The lowest BCUT2D eigenvalue weighted by Crippen LogP contribution is -2.29. The second-order valence-electron chi connectivity index (χ2n) is 5.43. The highest BCUT2D eigenvalue weighted by molar-refractivity contribution is 7.98. The maximum atomic E-state index is 12.6. The van der Waals surface area contributed by atoms with Crippen molar-refractivity contribution in [3.05, 3.63) is 57.8 Å². The van der Waals surface area contributed by atoms with Crippen LogP contribution in [0.4, 0.5) is 0 Å².